The standard InChI is InChI=1S/C17H26N2O/c1-16(2,3)14-9-7-6-8-13(14)15(20)19-11-10-18-12-17(19,4)5/h6-9,18H,10-12H2,1-5H3. The van der Waals surface area contributed by atoms with Crippen LogP contribution in [0.4, 0.5) is 0 Å². The number of nitrogens with zero attached hydrogens (tertiary/aromatic N) is 1. The molecule has 0 aliphatic carbocycles. The Labute approximate surface area is 122 Å². The minimum atomic E-state index is -0.139. The first-order valence-electron chi connectivity index (χ1n) is 7.36. The van der Waals surface area contributed by atoms with E-state index in [0.717, 1.165) is 30.8 Å². The van der Waals surface area contributed by atoms with Gasteiger partial charge in [0.25, 0.3) is 5.91 Å². The smallest absolute Gasteiger partial charge is 0.254 e. The average molecular weight is 274 g/mol. The molecule has 1 fully saturated rings. The molecule has 0 spiro atoms. The molecule has 0 bridgehead atoms. The Kier molecular flexibility index (Phi) is 3.92. The van der Waals surface area contributed by atoms with Crippen LogP contribution in [0.1, 0.15) is 50.5 Å². The summed E-state index contributed by atoms with van der Waals surface area (Å²) in [5.74, 6) is 0.155. The third kappa shape index (κ3) is 2.88. The van der Waals surface area contributed by atoms with Crippen LogP contribution < -0.4 is 5.32 Å². The molecule has 1 aromatic carbocycles. The monoisotopic (exact) mass is 274 g/mol. The SMILES string of the molecule is CC(C)(C)c1ccccc1C(=O)N1CCNCC1(C)C. The van der Waals surface area contributed by atoms with Gasteiger partial charge in [0.1, 0.15) is 0 Å². The first kappa shape index (κ1) is 15.0. The molecule has 3 heteroatoms. The second kappa shape index (κ2) is 5.21. The first-order valence-corrected chi connectivity index (χ1v) is 7.36. The minimum Gasteiger partial charge on any atom is -0.331 e. The van der Waals surface area contributed by atoms with Gasteiger partial charge in [-0.15, -0.1) is 0 Å². The molecule has 110 valence electrons. The van der Waals surface area contributed by atoms with Crippen molar-refractivity contribution < 1.29 is 4.79 Å². The van der Waals surface area contributed by atoms with E-state index in [2.05, 4.69) is 46.0 Å². The zero-order valence-corrected chi connectivity index (χ0v) is 13.3. The Balaban J connectivity index is 2.39. The molecule has 1 N–H and O–H groups in total. The molecule has 1 heterocycles. The highest BCUT2D eigenvalue weighted by atomic mass is 16.2. The third-order valence-electron chi connectivity index (χ3n) is 4.01. The highest BCUT2D eigenvalue weighted by Gasteiger charge is 2.35. The van der Waals surface area contributed by atoms with Gasteiger partial charge < -0.3 is 10.2 Å². The van der Waals surface area contributed by atoms with E-state index >= 15 is 0 Å². The first-order chi connectivity index (χ1) is 9.23. The van der Waals surface area contributed by atoms with Gasteiger partial charge in [0.05, 0.1) is 5.54 Å². The fourth-order valence-electron chi connectivity index (χ4n) is 2.83. The van der Waals surface area contributed by atoms with E-state index in [1.807, 2.05) is 23.1 Å². The van der Waals surface area contributed by atoms with Crippen molar-refractivity contribution in [3.63, 3.8) is 0 Å². The van der Waals surface area contributed by atoms with Gasteiger partial charge in [-0.3, -0.25) is 4.79 Å². The number of hydrogen-bond donors (Lipinski definition) is 1. The van der Waals surface area contributed by atoms with Crippen LogP contribution in [0, 0.1) is 0 Å². The van der Waals surface area contributed by atoms with Gasteiger partial charge in [-0.2, -0.15) is 0 Å². The zero-order chi connectivity index (χ0) is 15.0. The molecule has 1 amide bonds. The normalized spacial score (nSPS) is 18.9. The number of rotatable bonds is 1. The quantitative estimate of drug-likeness (QED) is 0.854. The van der Waals surface area contributed by atoms with Crippen molar-refractivity contribution in [3.05, 3.63) is 35.4 Å². The van der Waals surface area contributed by atoms with Gasteiger partial charge >= 0.3 is 0 Å². The summed E-state index contributed by atoms with van der Waals surface area (Å²) in [6.45, 7) is 13.2. The van der Waals surface area contributed by atoms with Crippen molar-refractivity contribution in [2.24, 2.45) is 0 Å². The van der Waals surface area contributed by atoms with Crippen LogP contribution in [0.5, 0.6) is 0 Å². The number of nitrogens with one attached hydrogen (secondary N) is 1. The molecule has 1 aliphatic heterocycles. The average Bonchev–Trinajstić information content (AvgIpc) is 2.36. The lowest BCUT2D eigenvalue weighted by Gasteiger charge is -2.43. The summed E-state index contributed by atoms with van der Waals surface area (Å²) in [6, 6.07) is 8.00. The van der Waals surface area contributed by atoms with Gasteiger partial charge in [0.15, 0.2) is 0 Å². The number of piperazine rings is 1. The van der Waals surface area contributed by atoms with Crippen molar-refractivity contribution in [3.8, 4) is 0 Å². The fourth-order valence-corrected chi connectivity index (χ4v) is 2.83. The van der Waals surface area contributed by atoms with Crippen molar-refractivity contribution >= 4 is 5.91 Å². The predicted molar refractivity (Wildman–Crippen MR) is 83.1 cm³/mol. The number of amides is 1. The molecule has 2 rings (SSSR count). The van der Waals surface area contributed by atoms with Crippen LogP contribution in [0.15, 0.2) is 24.3 Å². The van der Waals surface area contributed by atoms with Crippen molar-refractivity contribution in [1.29, 1.82) is 0 Å². The third-order valence-corrected chi connectivity index (χ3v) is 4.01. The number of benzene rings is 1. The van der Waals surface area contributed by atoms with E-state index in [4.69, 9.17) is 0 Å². The molecule has 1 aromatic rings. The van der Waals surface area contributed by atoms with E-state index in [1.54, 1.807) is 0 Å². The molecule has 1 aliphatic rings. The topological polar surface area (TPSA) is 32.3 Å². The van der Waals surface area contributed by atoms with Crippen LogP contribution in [0.25, 0.3) is 0 Å². The summed E-state index contributed by atoms with van der Waals surface area (Å²) in [7, 11) is 0. The van der Waals surface area contributed by atoms with E-state index in [0.29, 0.717) is 0 Å². The Morgan fingerprint density at radius 1 is 1.25 bits per heavy atom. The van der Waals surface area contributed by atoms with Gasteiger partial charge in [-0.25, -0.2) is 0 Å². The highest BCUT2D eigenvalue weighted by molar-refractivity contribution is 5.96. The van der Waals surface area contributed by atoms with Crippen LogP contribution in [-0.2, 0) is 5.41 Å². The van der Waals surface area contributed by atoms with Crippen LogP contribution in [0.2, 0.25) is 0 Å². The molecule has 0 aromatic heterocycles. The Morgan fingerprint density at radius 3 is 2.50 bits per heavy atom. The lowest BCUT2D eigenvalue weighted by molar-refractivity contribution is 0.0475. The van der Waals surface area contributed by atoms with Crippen LogP contribution in [0.3, 0.4) is 0 Å². The zero-order valence-electron chi connectivity index (χ0n) is 13.3. The maximum absolute atomic E-state index is 13.0. The molecular formula is C17H26N2O. The Hall–Kier alpha value is -1.35. The molecule has 0 radical (unpaired) electrons. The maximum Gasteiger partial charge on any atom is 0.254 e. The number of hydrogen-bond acceptors (Lipinski definition) is 2. The number of carbonyl (C=O) groups is 1. The molecule has 20 heavy (non-hydrogen) atoms. The van der Waals surface area contributed by atoms with Gasteiger partial charge in [-0.05, 0) is 30.9 Å². The van der Waals surface area contributed by atoms with E-state index < -0.39 is 0 Å². The molecular weight excluding hydrogens is 248 g/mol. The van der Waals surface area contributed by atoms with E-state index in [1.165, 1.54) is 0 Å². The summed E-state index contributed by atoms with van der Waals surface area (Å²) in [5.41, 5.74) is 1.81. The summed E-state index contributed by atoms with van der Waals surface area (Å²) in [5, 5.41) is 3.36. The second-order valence-electron chi connectivity index (χ2n) is 7.24. The Morgan fingerprint density at radius 2 is 1.90 bits per heavy atom. The highest BCUT2D eigenvalue weighted by Crippen LogP contribution is 2.28. The molecule has 3 nitrogen and oxygen atoms in total. The van der Waals surface area contributed by atoms with Crippen molar-refractivity contribution in [2.75, 3.05) is 19.6 Å². The van der Waals surface area contributed by atoms with Gasteiger partial charge in [-0.1, -0.05) is 39.0 Å². The Bertz CT molecular complexity index is 500. The summed E-state index contributed by atoms with van der Waals surface area (Å²) < 4.78 is 0. The molecule has 0 atom stereocenters. The van der Waals surface area contributed by atoms with E-state index in [9.17, 15) is 4.79 Å². The molecule has 0 saturated carbocycles. The fraction of sp³-hybridized carbons (Fsp3) is 0.588. The predicted octanol–water partition coefficient (Wildman–Crippen LogP) is 2.81. The number of carbonyl (C=O) groups excluding carboxylic acids is 1. The van der Waals surface area contributed by atoms with E-state index in [-0.39, 0.29) is 16.9 Å². The summed E-state index contributed by atoms with van der Waals surface area (Å²) in [6.07, 6.45) is 0. The maximum atomic E-state index is 13.0. The van der Waals surface area contributed by atoms with Crippen LogP contribution >= 0.6 is 0 Å². The molecule has 0 unspecified atom stereocenters. The summed E-state index contributed by atoms with van der Waals surface area (Å²) in [4.78, 5) is 15.0. The summed E-state index contributed by atoms with van der Waals surface area (Å²) >= 11 is 0. The second-order valence-corrected chi connectivity index (χ2v) is 7.24. The largest absolute Gasteiger partial charge is 0.331 e. The van der Waals surface area contributed by atoms with Crippen molar-refractivity contribution in [1.82, 2.24) is 10.2 Å². The van der Waals surface area contributed by atoms with Crippen LogP contribution in [-0.4, -0.2) is 36.0 Å². The minimum absolute atomic E-state index is 0.0234. The molecule has 1 saturated heterocycles. The lowest BCUT2D eigenvalue weighted by Crippen LogP contribution is -2.60. The van der Waals surface area contributed by atoms with Gasteiger partial charge in [0.2, 0.25) is 0 Å². The lowest BCUT2D eigenvalue weighted by atomic mass is 9.83. The van der Waals surface area contributed by atoms with Gasteiger partial charge in [0, 0.05) is 25.2 Å². The van der Waals surface area contributed by atoms with Crippen molar-refractivity contribution in [2.45, 2.75) is 45.6 Å².